The van der Waals surface area contributed by atoms with Crippen LogP contribution in [0.15, 0.2) is 29.2 Å². The molecular weight excluding hydrogens is 228 g/mol. The van der Waals surface area contributed by atoms with Crippen LogP contribution in [0.25, 0.3) is 0 Å². The van der Waals surface area contributed by atoms with Gasteiger partial charge in [0.2, 0.25) is 0 Å². The van der Waals surface area contributed by atoms with E-state index in [4.69, 9.17) is 5.26 Å². The molecule has 0 bridgehead atoms. The monoisotopic (exact) mass is 240 g/mol. The van der Waals surface area contributed by atoms with Gasteiger partial charge in [-0.25, -0.2) is 9.97 Å². The zero-order chi connectivity index (χ0) is 13.1. The zero-order valence-corrected chi connectivity index (χ0v) is 10.2. The minimum atomic E-state index is -0.0877. The van der Waals surface area contributed by atoms with Gasteiger partial charge < -0.3 is 0 Å². The molecule has 0 amide bonds. The summed E-state index contributed by atoms with van der Waals surface area (Å²) < 4.78 is 1.57. The average molecular weight is 240 g/mol. The lowest BCUT2D eigenvalue weighted by Crippen LogP contribution is -2.24. The molecule has 2 rings (SSSR count). The van der Waals surface area contributed by atoms with Crippen LogP contribution in [0.2, 0.25) is 0 Å². The van der Waals surface area contributed by atoms with Crippen molar-refractivity contribution in [2.24, 2.45) is 0 Å². The molecule has 2 aromatic heterocycles. The van der Waals surface area contributed by atoms with Gasteiger partial charge in [-0.15, -0.1) is 0 Å². The van der Waals surface area contributed by atoms with E-state index in [2.05, 4.69) is 9.97 Å². The Bertz CT molecular complexity index is 682. The van der Waals surface area contributed by atoms with Crippen molar-refractivity contribution in [1.82, 2.24) is 14.5 Å². The van der Waals surface area contributed by atoms with Gasteiger partial charge in [-0.3, -0.25) is 9.36 Å². The quantitative estimate of drug-likeness (QED) is 0.790. The van der Waals surface area contributed by atoms with E-state index in [0.29, 0.717) is 23.8 Å². The lowest BCUT2D eigenvalue weighted by molar-refractivity contribution is 0.693. The highest BCUT2D eigenvalue weighted by molar-refractivity contribution is 5.25. The lowest BCUT2D eigenvalue weighted by atomic mass is 10.2. The first-order valence-corrected chi connectivity index (χ1v) is 5.50. The molecular formula is C13H12N4O. The Balaban J connectivity index is 2.41. The number of aryl methyl sites for hydroxylation is 2. The molecule has 0 atom stereocenters. The Labute approximate surface area is 104 Å². The smallest absolute Gasteiger partial charge is 0.254 e. The highest BCUT2D eigenvalue weighted by atomic mass is 16.1. The average Bonchev–Trinajstić information content (AvgIpc) is 2.34. The van der Waals surface area contributed by atoms with Crippen LogP contribution in [-0.2, 0) is 6.54 Å². The molecule has 2 aromatic rings. The van der Waals surface area contributed by atoms with Crippen LogP contribution in [0.1, 0.15) is 22.8 Å². The Hall–Kier alpha value is -2.48. The number of aromatic nitrogens is 3. The minimum absolute atomic E-state index is 0.0877. The maximum absolute atomic E-state index is 11.9. The summed E-state index contributed by atoms with van der Waals surface area (Å²) in [6.07, 6.45) is 1.57. The molecule has 0 aliphatic heterocycles. The molecule has 0 aliphatic carbocycles. The Morgan fingerprint density at radius 1 is 1.39 bits per heavy atom. The SMILES string of the molecule is Cc1cc(=O)n(Cc2ccnc(C#N)c2)c(C)n1. The van der Waals surface area contributed by atoms with Crippen LogP contribution < -0.4 is 5.56 Å². The van der Waals surface area contributed by atoms with Crippen molar-refractivity contribution >= 4 is 0 Å². The van der Waals surface area contributed by atoms with Gasteiger partial charge in [0.15, 0.2) is 0 Å². The first-order valence-electron chi connectivity index (χ1n) is 5.50. The second kappa shape index (κ2) is 4.80. The topological polar surface area (TPSA) is 71.6 Å². The lowest BCUT2D eigenvalue weighted by Gasteiger charge is -2.09. The van der Waals surface area contributed by atoms with Gasteiger partial charge in [0.25, 0.3) is 5.56 Å². The number of pyridine rings is 1. The van der Waals surface area contributed by atoms with Gasteiger partial charge in [-0.2, -0.15) is 5.26 Å². The van der Waals surface area contributed by atoms with Gasteiger partial charge >= 0.3 is 0 Å². The number of hydrogen-bond donors (Lipinski definition) is 0. The van der Waals surface area contributed by atoms with Crippen LogP contribution in [0.5, 0.6) is 0 Å². The second-order valence-electron chi connectivity index (χ2n) is 4.03. The predicted octanol–water partition coefficient (Wildman–Crippen LogP) is 1.18. The number of nitriles is 1. The second-order valence-corrected chi connectivity index (χ2v) is 4.03. The van der Waals surface area contributed by atoms with Gasteiger partial charge in [0.05, 0.1) is 6.54 Å². The van der Waals surface area contributed by atoms with Crippen molar-refractivity contribution in [3.8, 4) is 6.07 Å². The zero-order valence-electron chi connectivity index (χ0n) is 10.2. The summed E-state index contributed by atoms with van der Waals surface area (Å²) in [4.78, 5) is 20.0. The number of rotatable bonds is 2. The number of nitrogens with zero attached hydrogens (tertiary/aromatic N) is 4. The van der Waals surface area contributed by atoms with E-state index in [1.807, 2.05) is 6.07 Å². The molecule has 0 aliphatic rings. The normalized spacial score (nSPS) is 10.1. The molecule has 5 nitrogen and oxygen atoms in total. The molecule has 0 fully saturated rings. The van der Waals surface area contributed by atoms with E-state index in [1.54, 1.807) is 36.7 Å². The first kappa shape index (κ1) is 12.0. The van der Waals surface area contributed by atoms with Crippen molar-refractivity contribution in [3.63, 3.8) is 0 Å². The third kappa shape index (κ3) is 2.43. The molecule has 0 N–H and O–H groups in total. The van der Waals surface area contributed by atoms with Crippen molar-refractivity contribution in [2.75, 3.05) is 0 Å². The number of hydrogen-bond acceptors (Lipinski definition) is 4. The Morgan fingerprint density at radius 2 is 2.17 bits per heavy atom. The van der Waals surface area contributed by atoms with Crippen molar-refractivity contribution in [1.29, 1.82) is 5.26 Å². The highest BCUT2D eigenvalue weighted by Gasteiger charge is 2.04. The molecule has 90 valence electrons. The molecule has 0 saturated heterocycles. The summed E-state index contributed by atoms with van der Waals surface area (Å²) in [6.45, 7) is 3.98. The van der Waals surface area contributed by atoms with E-state index < -0.39 is 0 Å². The molecule has 5 heteroatoms. The van der Waals surface area contributed by atoms with Crippen LogP contribution in [-0.4, -0.2) is 14.5 Å². The fourth-order valence-corrected chi connectivity index (χ4v) is 1.77. The molecule has 0 aromatic carbocycles. The fourth-order valence-electron chi connectivity index (χ4n) is 1.77. The van der Waals surface area contributed by atoms with Crippen LogP contribution in [0.3, 0.4) is 0 Å². The summed E-state index contributed by atoms with van der Waals surface area (Å²) in [5.74, 6) is 0.662. The van der Waals surface area contributed by atoms with Crippen LogP contribution in [0, 0.1) is 25.2 Å². The molecule has 0 spiro atoms. The van der Waals surface area contributed by atoms with Crippen molar-refractivity contribution < 1.29 is 0 Å². The maximum atomic E-state index is 11.9. The van der Waals surface area contributed by atoms with E-state index in [0.717, 1.165) is 5.56 Å². The van der Waals surface area contributed by atoms with E-state index in [1.165, 1.54) is 6.07 Å². The predicted molar refractivity (Wildman–Crippen MR) is 66.0 cm³/mol. The minimum Gasteiger partial charge on any atom is -0.292 e. The van der Waals surface area contributed by atoms with Crippen molar-refractivity contribution in [2.45, 2.75) is 20.4 Å². The molecule has 0 unspecified atom stereocenters. The molecule has 0 saturated carbocycles. The largest absolute Gasteiger partial charge is 0.292 e. The van der Waals surface area contributed by atoms with E-state index in [9.17, 15) is 4.79 Å². The van der Waals surface area contributed by atoms with E-state index in [-0.39, 0.29) is 5.56 Å². The van der Waals surface area contributed by atoms with E-state index >= 15 is 0 Å². The van der Waals surface area contributed by atoms with Gasteiger partial charge in [-0.1, -0.05) is 0 Å². The molecule has 2 heterocycles. The first-order chi connectivity index (χ1) is 8.60. The van der Waals surface area contributed by atoms with Gasteiger partial charge in [-0.05, 0) is 31.5 Å². The van der Waals surface area contributed by atoms with Crippen LogP contribution in [0.4, 0.5) is 0 Å². The van der Waals surface area contributed by atoms with Crippen molar-refractivity contribution in [3.05, 3.63) is 57.5 Å². The summed E-state index contributed by atoms with van der Waals surface area (Å²) in [5, 5.41) is 8.78. The molecule has 18 heavy (non-hydrogen) atoms. The summed E-state index contributed by atoms with van der Waals surface area (Å²) in [6, 6.07) is 6.93. The van der Waals surface area contributed by atoms with Gasteiger partial charge in [0, 0.05) is 18.0 Å². The third-order valence-corrected chi connectivity index (χ3v) is 2.61. The van der Waals surface area contributed by atoms with Crippen LogP contribution >= 0.6 is 0 Å². The fraction of sp³-hybridized carbons (Fsp3) is 0.231. The maximum Gasteiger partial charge on any atom is 0.254 e. The Morgan fingerprint density at radius 3 is 2.83 bits per heavy atom. The highest BCUT2D eigenvalue weighted by Crippen LogP contribution is 2.04. The standard InChI is InChI=1S/C13H12N4O/c1-9-5-13(18)17(10(2)16-9)8-11-3-4-15-12(6-11)7-14/h3-6H,8H2,1-2H3. The third-order valence-electron chi connectivity index (χ3n) is 2.61. The Kier molecular flexibility index (Phi) is 3.20. The summed E-state index contributed by atoms with van der Waals surface area (Å²) >= 11 is 0. The summed E-state index contributed by atoms with van der Waals surface area (Å²) in [7, 11) is 0. The molecule has 0 radical (unpaired) electrons. The summed E-state index contributed by atoms with van der Waals surface area (Å²) in [5.41, 5.74) is 1.83. The van der Waals surface area contributed by atoms with Gasteiger partial charge in [0.1, 0.15) is 17.6 Å².